The molecule has 0 aliphatic carbocycles. The van der Waals surface area contributed by atoms with Gasteiger partial charge < -0.3 is 18.6 Å². The molecule has 0 radical (unpaired) electrons. The van der Waals surface area contributed by atoms with Gasteiger partial charge in [-0.25, -0.2) is 0 Å². The van der Waals surface area contributed by atoms with E-state index in [1.807, 2.05) is 0 Å². The van der Waals surface area contributed by atoms with Crippen LogP contribution in [0.3, 0.4) is 0 Å². The van der Waals surface area contributed by atoms with Crippen molar-refractivity contribution in [3.63, 3.8) is 0 Å². The van der Waals surface area contributed by atoms with E-state index >= 15 is 0 Å². The fourth-order valence-corrected chi connectivity index (χ4v) is 11.3. The first-order valence-electron chi connectivity index (χ1n) is 23.9. The number of nitrogens with zero attached hydrogens (tertiary/aromatic N) is 2. The third kappa shape index (κ3) is 5.90. The van der Waals surface area contributed by atoms with Crippen molar-refractivity contribution in [3.05, 3.63) is 243 Å². The second-order valence-corrected chi connectivity index (χ2v) is 18.4. The quantitative estimate of drug-likeness (QED) is 0.156. The summed E-state index contributed by atoms with van der Waals surface area (Å²) in [5.41, 5.74) is 9.91. The van der Waals surface area contributed by atoms with Gasteiger partial charge in [0, 0.05) is 49.7 Å². The van der Waals surface area contributed by atoms with Crippen LogP contribution in [0.2, 0.25) is 0 Å². The highest BCUT2D eigenvalue weighted by Gasteiger charge is 2.22. The van der Waals surface area contributed by atoms with Gasteiger partial charge in [0.2, 0.25) is 0 Å². The smallest absolute Gasteiger partial charge is 0.147 e. The lowest BCUT2D eigenvalue weighted by Crippen LogP contribution is -2.10. The Balaban J connectivity index is 0.864. The van der Waals surface area contributed by atoms with Crippen LogP contribution >= 0.6 is 0 Å². The molecule has 15 aromatic rings. The number of para-hydroxylation sites is 2. The molecular weight excluding hydrogens is 853 g/mol. The third-order valence-electron chi connectivity index (χ3n) is 14.5. The summed E-state index contributed by atoms with van der Waals surface area (Å²) in [6, 6.07) is 87.5. The zero-order chi connectivity index (χ0) is 45.9. The Morgan fingerprint density at radius 3 is 1.44 bits per heavy atom. The summed E-state index contributed by atoms with van der Waals surface area (Å²) in [6.07, 6.45) is 0. The van der Waals surface area contributed by atoms with Crippen molar-refractivity contribution >= 4 is 143 Å². The zero-order valence-corrected chi connectivity index (χ0v) is 37.8. The van der Waals surface area contributed by atoms with E-state index in [1.54, 1.807) is 0 Å². The SMILES string of the molecule is c1ccc(N(c2ccc3cc4c(cc3c2)oc2c4ccc3oc4cc5cc(N(c6ccccc6)c6cc7ccccc7c7ccccc67)ccc5cc4c32)c2cccc3c2ccc2ccccc23)cc1. The maximum atomic E-state index is 6.95. The summed E-state index contributed by atoms with van der Waals surface area (Å²) in [5, 5.41) is 18.5. The second kappa shape index (κ2) is 15.1. The van der Waals surface area contributed by atoms with Crippen LogP contribution in [0.15, 0.2) is 251 Å². The van der Waals surface area contributed by atoms with Crippen molar-refractivity contribution in [1.82, 2.24) is 0 Å². The van der Waals surface area contributed by atoms with E-state index in [4.69, 9.17) is 8.83 Å². The number of fused-ring (bicyclic) bond motifs is 15. The Morgan fingerprint density at radius 2 is 0.743 bits per heavy atom. The molecule has 0 atom stereocenters. The predicted octanol–water partition coefficient (Wildman–Crippen LogP) is 19.3. The Bertz CT molecular complexity index is 4610. The maximum Gasteiger partial charge on any atom is 0.147 e. The van der Waals surface area contributed by atoms with Gasteiger partial charge >= 0.3 is 0 Å². The zero-order valence-electron chi connectivity index (χ0n) is 37.8. The summed E-state index contributed by atoms with van der Waals surface area (Å²) in [4.78, 5) is 4.75. The highest BCUT2D eigenvalue weighted by atomic mass is 16.3. The molecule has 0 amide bonds. The first-order valence-corrected chi connectivity index (χ1v) is 23.9. The summed E-state index contributed by atoms with van der Waals surface area (Å²) >= 11 is 0. The Morgan fingerprint density at radius 1 is 0.229 bits per heavy atom. The molecule has 0 aliphatic rings. The van der Waals surface area contributed by atoms with Crippen LogP contribution in [-0.4, -0.2) is 0 Å². The van der Waals surface area contributed by atoms with Crippen molar-refractivity contribution in [2.45, 2.75) is 0 Å². The summed E-state index contributed by atoms with van der Waals surface area (Å²) in [6.45, 7) is 0. The highest BCUT2D eigenvalue weighted by molar-refractivity contribution is 6.25. The highest BCUT2D eigenvalue weighted by Crippen LogP contribution is 2.46. The molecular formula is C66H40N2O2. The van der Waals surface area contributed by atoms with Crippen LogP contribution in [0.25, 0.3) is 109 Å². The van der Waals surface area contributed by atoms with Crippen LogP contribution in [0.5, 0.6) is 0 Å². The Labute approximate surface area is 402 Å². The van der Waals surface area contributed by atoms with E-state index in [0.717, 1.165) is 99.5 Å². The lowest BCUT2D eigenvalue weighted by Gasteiger charge is -2.28. The normalized spacial score (nSPS) is 12.0. The Kier molecular flexibility index (Phi) is 8.33. The Hall–Kier alpha value is -9.38. The molecule has 0 aliphatic heterocycles. The van der Waals surface area contributed by atoms with Crippen molar-refractivity contribution in [2.75, 3.05) is 9.80 Å². The summed E-state index contributed by atoms with van der Waals surface area (Å²) in [5.74, 6) is 0. The van der Waals surface area contributed by atoms with Crippen LogP contribution in [0.4, 0.5) is 34.1 Å². The van der Waals surface area contributed by atoms with Crippen LogP contribution in [-0.2, 0) is 0 Å². The topological polar surface area (TPSA) is 32.8 Å². The average molecular weight is 893 g/mol. The molecule has 0 unspecified atom stereocenters. The predicted molar refractivity (Wildman–Crippen MR) is 295 cm³/mol. The standard InChI is InChI=1S/C66H40N2O2/c1-3-16-47(17-4-1)67(60-25-13-24-54-51-20-9-7-14-41(51)28-31-56(54)60)49-29-26-42-36-58-57-32-33-62-65(66(57)70-63(58)39-45(42)34-49)59-37-43-27-30-50(35-46(43)40-64(59)69-62)68(48-18-5-2-6-19-48)61-38-44-15-8-10-21-52(44)53-22-11-12-23-55(53)61/h1-40H. The third-order valence-corrected chi connectivity index (χ3v) is 14.5. The van der Waals surface area contributed by atoms with Gasteiger partial charge in [0.05, 0.1) is 16.8 Å². The van der Waals surface area contributed by atoms with Crippen LogP contribution < -0.4 is 9.80 Å². The van der Waals surface area contributed by atoms with E-state index in [9.17, 15) is 0 Å². The van der Waals surface area contributed by atoms with Crippen LogP contribution in [0, 0.1) is 0 Å². The minimum Gasteiger partial charge on any atom is -0.456 e. The molecule has 0 saturated heterocycles. The van der Waals surface area contributed by atoms with Gasteiger partial charge in [0.15, 0.2) is 0 Å². The van der Waals surface area contributed by atoms with Gasteiger partial charge in [0.25, 0.3) is 0 Å². The van der Waals surface area contributed by atoms with E-state index in [0.29, 0.717) is 0 Å². The van der Waals surface area contributed by atoms with Gasteiger partial charge in [0.1, 0.15) is 22.3 Å². The largest absolute Gasteiger partial charge is 0.456 e. The van der Waals surface area contributed by atoms with E-state index in [1.165, 1.54) is 43.1 Å². The summed E-state index contributed by atoms with van der Waals surface area (Å²) < 4.78 is 13.7. The molecule has 70 heavy (non-hydrogen) atoms. The van der Waals surface area contributed by atoms with Crippen molar-refractivity contribution in [3.8, 4) is 0 Å². The monoisotopic (exact) mass is 892 g/mol. The molecule has 0 spiro atoms. The molecule has 326 valence electrons. The minimum atomic E-state index is 0.804. The number of hydrogen-bond donors (Lipinski definition) is 0. The van der Waals surface area contributed by atoms with Gasteiger partial charge in [-0.05, 0) is 151 Å². The van der Waals surface area contributed by atoms with Crippen molar-refractivity contribution in [1.29, 1.82) is 0 Å². The first kappa shape index (κ1) is 38.7. The van der Waals surface area contributed by atoms with Crippen LogP contribution in [0.1, 0.15) is 0 Å². The summed E-state index contributed by atoms with van der Waals surface area (Å²) in [7, 11) is 0. The number of anilines is 6. The molecule has 0 fully saturated rings. The number of rotatable bonds is 6. The van der Waals surface area contributed by atoms with E-state index in [2.05, 4.69) is 252 Å². The second-order valence-electron chi connectivity index (χ2n) is 18.4. The first-order chi connectivity index (χ1) is 34.7. The maximum absolute atomic E-state index is 6.95. The molecule has 0 bridgehead atoms. The molecule has 4 nitrogen and oxygen atoms in total. The van der Waals surface area contributed by atoms with E-state index in [-0.39, 0.29) is 0 Å². The lowest BCUT2D eigenvalue weighted by atomic mass is 9.98. The lowest BCUT2D eigenvalue weighted by molar-refractivity contribution is 0.663. The van der Waals surface area contributed by atoms with E-state index < -0.39 is 0 Å². The van der Waals surface area contributed by atoms with Gasteiger partial charge in [-0.15, -0.1) is 0 Å². The van der Waals surface area contributed by atoms with Crippen molar-refractivity contribution < 1.29 is 8.83 Å². The van der Waals surface area contributed by atoms with Gasteiger partial charge in [-0.1, -0.05) is 146 Å². The molecule has 0 N–H and O–H groups in total. The molecule has 13 aromatic carbocycles. The van der Waals surface area contributed by atoms with Gasteiger partial charge in [-0.2, -0.15) is 0 Å². The average Bonchev–Trinajstić information content (AvgIpc) is 3.97. The number of furan rings is 2. The molecule has 15 rings (SSSR count). The van der Waals surface area contributed by atoms with Gasteiger partial charge in [-0.3, -0.25) is 0 Å². The molecule has 0 saturated carbocycles. The fourth-order valence-electron chi connectivity index (χ4n) is 11.3. The fraction of sp³-hybridized carbons (Fsp3) is 0. The molecule has 2 heterocycles. The molecule has 4 heteroatoms. The molecule has 2 aromatic heterocycles. The number of hydrogen-bond acceptors (Lipinski definition) is 4. The minimum absolute atomic E-state index is 0.804. The van der Waals surface area contributed by atoms with Crippen molar-refractivity contribution in [2.24, 2.45) is 0 Å². The number of benzene rings is 13.